The third-order valence-electron chi connectivity index (χ3n) is 2.58. The molecule has 0 atom stereocenters. The van der Waals surface area contributed by atoms with Crippen LogP contribution in [0.2, 0.25) is 0 Å². The molecule has 0 aliphatic carbocycles. The first-order valence-corrected chi connectivity index (χ1v) is 6.60. The van der Waals surface area contributed by atoms with Crippen LogP contribution >= 0.6 is 11.8 Å². The molecular formula is C13H14N2O3S. The number of carbonyl (C=O) groups is 1. The number of aromatic carboxylic acids is 1. The molecule has 1 aromatic heterocycles. The van der Waals surface area contributed by atoms with Crippen molar-refractivity contribution in [2.75, 3.05) is 7.11 Å². The Hall–Kier alpha value is -1.95. The minimum absolute atomic E-state index is 0.187. The van der Waals surface area contributed by atoms with Crippen molar-refractivity contribution < 1.29 is 14.6 Å². The van der Waals surface area contributed by atoms with Gasteiger partial charge in [-0.2, -0.15) is 5.10 Å². The van der Waals surface area contributed by atoms with Crippen LogP contribution in [0.25, 0.3) is 0 Å². The smallest absolute Gasteiger partial charge is 0.339 e. The number of carboxylic acids is 1. The topological polar surface area (TPSA) is 64.4 Å². The number of carboxylic acid groups (broad SMARTS) is 1. The number of nitrogens with zero attached hydrogens (tertiary/aromatic N) is 2. The Labute approximate surface area is 115 Å². The molecule has 0 saturated heterocycles. The Morgan fingerprint density at radius 2 is 2.32 bits per heavy atom. The van der Waals surface area contributed by atoms with Gasteiger partial charge in [0.2, 0.25) is 0 Å². The van der Waals surface area contributed by atoms with Gasteiger partial charge < -0.3 is 9.84 Å². The molecule has 1 N–H and O–H groups in total. The van der Waals surface area contributed by atoms with Gasteiger partial charge in [-0.15, -0.1) is 11.8 Å². The average molecular weight is 278 g/mol. The summed E-state index contributed by atoms with van der Waals surface area (Å²) in [5.41, 5.74) is 1.12. The number of hydrogen-bond acceptors (Lipinski definition) is 4. The zero-order valence-electron chi connectivity index (χ0n) is 10.7. The third-order valence-corrected chi connectivity index (χ3v) is 3.60. The maximum Gasteiger partial charge on any atom is 0.339 e. The van der Waals surface area contributed by atoms with Crippen molar-refractivity contribution >= 4 is 17.7 Å². The highest BCUT2D eigenvalue weighted by Gasteiger charge is 2.11. The fraction of sp³-hybridized carbons (Fsp3) is 0.231. The molecule has 19 heavy (non-hydrogen) atoms. The second-order valence-corrected chi connectivity index (χ2v) is 5.03. The standard InChI is InChI=1S/C13H14N2O3S/c1-15-7-10(6-14-15)19-8-9-3-4-12(18-2)11(5-9)13(16)17/h3-7H,8H2,1-2H3,(H,16,17). The van der Waals surface area contributed by atoms with Gasteiger partial charge in [0.05, 0.1) is 13.3 Å². The molecule has 1 heterocycles. The van der Waals surface area contributed by atoms with Crippen molar-refractivity contribution in [3.8, 4) is 5.75 Å². The summed E-state index contributed by atoms with van der Waals surface area (Å²) in [5, 5.41) is 13.2. The number of aryl methyl sites for hydroxylation is 1. The molecule has 0 spiro atoms. The van der Waals surface area contributed by atoms with Crippen LogP contribution in [0.3, 0.4) is 0 Å². The Morgan fingerprint density at radius 3 is 2.89 bits per heavy atom. The predicted octanol–water partition coefficient (Wildman–Crippen LogP) is 2.42. The zero-order valence-corrected chi connectivity index (χ0v) is 11.5. The van der Waals surface area contributed by atoms with Crippen LogP contribution in [0.15, 0.2) is 35.5 Å². The molecule has 0 unspecified atom stereocenters. The van der Waals surface area contributed by atoms with E-state index in [1.807, 2.05) is 19.3 Å². The molecule has 100 valence electrons. The Balaban J connectivity index is 2.12. The summed E-state index contributed by atoms with van der Waals surface area (Å²) in [4.78, 5) is 12.2. The molecule has 0 saturated carbocycles. The van der Waals surface area contributed by atoms with E-state index >= 15 is 0 Å². The summed E-state index contributed by atoms with van der Waals surface area (Å²) in [6, 6.07) is 5.20. The number of methoxy groups -OCH3 is 1. The number of thioether (sulfide) groups is 1. The Morgan fingerprint density at radius 1 is 1.53 bits per heavy atom. The second kappa shape index (κ2) is 5.79. The van der Waals surface area contributed by atoms with E-state index in [9.17, 15) is 4.79 Å². The van der Waals surface area contributed by atoms with Crippen LogP contribution in [0.1, 0.15) is 15.9 Å². The molecule has 0 aliphatic rings. The molecule has 5 nitrogen and oxygen atoms in total. The first-order valence-electron chi connectivity index (χ1n) is 5.62. The summed E-state index contributed by atoms with van der Waals surface area (Å²) in [5.74, 6) is 0.0865. The fourth-order valence-corrected chi connectivity index (χ4v) is 2.51. The van der Waals surface area contributed by atoms with Crippen LogP contribution in [0.5, 0.6) is 5.75 Å². The first kappa shape index (κ1) is 13.5. The summed E-state index contributed by atoms with van der Waals surface area (Å²) < 4.78 is 6.76. The second-order valence-electron chi connectivity index (χ2n) is 3.98. The van der Waals surface area contributed by atoms with E-state index in [4.69, 9.17) is 9.84 Å². The van der Waals surface area contributed by atoms with E-state index < -0.39 is 5.97 Å². The number of hydrogen-bond donors (Lipinski definition) is 1. The highest BCUT2D eigenvalue weighted by molar-refractivity contribution is 7.98. The minimum atomic E-state index is -0.981. The molecule has 0 bridgehead atoms. The van der Waals surface area contributed by atoms with Gasteiger partial charge in [-0.3, -0.25) is 4.68 Å². The zero-order chi connectivity index (χ0) is 13.8. The molecular weight excluding hydrogens is 264 g/mol. The molecule has 2 rings (SSSR count). The minimum Gasteiger partial charge on any atom is -0.496 e. The van der Waals surface area contributed by atoms with E-state index in [1.54, 1.807) is 34.8 Å². The van der Waals surface area contributed by atoms with Gasteiger partial charge in [-0.25, -0.2) is 4.79 Å². The normalized spacial score (nSPS) is 10.4. The van der Waals surface area contributed by atoms with Crippen LogP contribution in [-0.4, -0.2) is 28.0 Å². The van der Waals surface area contributed by atoms with Crippen LogP contribution in [-0.2, 0) is 12.8 Å². The summed E-state index contributed by atoms with van der Waals surface area (Å²) in [6.07, 6.45) is 3.71. The first-order chi connectivity index (χ1) is 9.10. The van der Waals surface area contributed by atoms with Gasteiger partial charge in [-0.05, 0) is 17.7 Å². The van der Waals surface area contributed by atoms with Gasteiger partial charge in [0.15, 0.2) is 0 Å². The van der Waals surface area contributed by atoms with Crippen molar-refractivity contribution in [3.63, 3.8) is 0 Å². The lowest BCUT2D eigenvalue weighted by Gasteiger charge is -2.07. The SMILES string of the molecule is COc1ccc(CSc2cnn(C)c2)cc1C(=O)O. The average Bonchev–Trinajstić information content (AvgIpc) is 2.81. The molecule has 0 aliphatic heterocycles. The number of benzene rings is 1. The summed E-state index contributed by atoms with van der Waals surface area (Å²) in [6.45, 7) is 0. The number of ether oxygens (including phenoxy) is 1. The van der Waals surface area contributed by atoms with Crippen molar-refractivity contribution in [2.24, 2.45) is 7.05 Å². The molecule has 0 amide bonds. The largest absolute Gasteiger partial charge is 0.496 e. The monoisotopic (exact) mass is 278 g/mol. The lowest BCUT2D eigenvalue weighted by Crippen LogP contribution is -2.01. The van der Waals surface area contributed by atoms with Crippen molar-refractivity contribution in [2.45, 2.75) is 10.6 Å². The van der Waals surface area contributed by atoms with Crippen molar-refractivity contribution in [1.29, 1.82) is 0 Å². The highest BCUT2D eigenvalue weighted by atomic mass is 32.2. The van der Waals surface area contributed by atoms with Gasteiger partial charge in [0.1, 0.15) is 11.3 Å². The van der Waals surface area contributed by atoms with Gasteiger partial charge in [-0.1, -0.05) is 6.07 Å². The van der Waals surface area contributed by atoms with Gasteiger partial charge in [0.25, 0.3) is 0 Å². The third kappa shape index (κ3) is 3.29. The summed E-state index contributed by atoms with van der Waals surface area (Å²) >= 11 is 1.61. The van der Waals surface area contributed by atoms with E-state index in [1.165, 1.54) is 7.11 Å². The highest BCUT2D eigenvalue weighted by Crippen LogP contribution is 2.25. The molecule has 1 aromatic carbocycles. The van der Waals surface area contributed by atoms with Crippen LogP contribution in [0, 0.1) is 0 Å². The molecule has 6 heteroatoms. The van der Waals surface area contributed by atoms with Gasteiger partial charge in [0, 0.05) is 23.9 Å². The molecule has 2 aromatic rings. The van der Waals surface area contributed by atoms with Crippen molar-refractivity contribution in [3.05, 3.63) is 41.7 Å². The Bertz CT molecular complexity index is 595. The predicted molar refractivity (Wildman–Crippen MR) is 72.7 cm³/mol. The van der Waals surface area contributed by atoms with Crippen molar-refractivity contribution in [1.82, 2.24) is 9.78 Å². The van der Waals surface area contributed by atoms with E-state index in [0.29, 0.717) is 11.5 Å². The van der Waals surface area contributed by atoms with E-state index in [0.717, 1.165) is 10.5 Å². The van der Waals surface area contributed by atoms with Crippen LogP contribution in [0.4, 0.5) is 0 Å². The summed E-state index contributed by atoms with van der Waals surface area (Å²) in [7, 11) is 3.33. The molecule has 0 fully saturated rings. The van der Waals surface area contributed by atoms with E-state index in [-0.39, 0.29) is 5.56 Å². The maximum atomic E-state index is 11.1. The number of aromatic nitrogens is 2. The lowest BCUT2D eigenvalue weighted by molar-refractivity contribution is 0.0693. The fourth-order valence-electron chi connectivity index (χ4n) is 1.65. The quantitative estimate of drug-likeness (QED) is 0.851. The molecule has 0 radical (unpaired) electrons. The van der Waals surface area contributed by atoms with E-state index in [2.05, 4.69) is 5.10 Å². The Kier molecular flexibility index (Phi) is 4.11. The van der Waals surface area contributed by atoms with Gasteiger partial charge >= 0.3 is 5.97 Å². The number of rotatable bonds is 5. The lowest BCUT2D eigenvalue weighted by atomic mass is 10.1. The van der Waals surface area contributed by atoms with Crippen LogP contribution < -0.4 is 4.74 Å². The maximum absolute atomic E-state index is 11.1.